The maximum absolute atomic E-state index is 10.8. The van der Waals surface area contributed by atoms with Gasteiger partial charge in [-0.2, -0.15) is 0 Å². The van der Waals surface area contributed by atoms with Crippen LogP contribution in [-0.4, -0.2) is 5.91 Å². The molecule has 0 atom stereocenters. The number of nitroso groups, excluding NO2 is 1. The number of benzene rings is 1. The van der Waals surface area contributed by atoms with Gasteiger partial charge in [-0.1, -0.05) is 15.9 Å². The molecule has 1 aromatic carbocycles. The lowest BCUT2D eigenvalue weighted by atomic mass is 10.2. The van der Waals surface area contributed by atoms with Crippen LogP contribution >= 0.6 is 15.9 Å². The molecule has 2 N–H and O–H groups in total. The molecule has 0 fully saturated rings. The first kappa shape index (κ1) is 8.86. The highest BCUT2D eigenvalue weighted by molar-refractivity contribution is 9.10. The lowest BCUT2D eigenvalue weighted by Gasteiger charge is -1.98. The molecule has 0 aliphatic carbocycles. The lowest BCUT2D eigenvalue weighted by molar-refractivity contribution is 0.100. The molecule has 1 aromatic rings. The summed E-state index contributed by atoms with van der Waals surface area (Å²) in [5, 5.41) is 2.27. The Morgan fingerprint density at radius 3 is 2.75 bits per heavy atom. The third-order valence-corrected chi connectivity index (χ3v) is 1.82. The van der Waals surface area contributed by atoms with Crippen molar-refractivity contribution in [2.45, 2.75) is 0 Å². The fraction of sp³-hybridized carbons (Fsp3) is 0. The Kier molecular flexibility index (Phi) is 2.54. The van der Waals surface area contributed by atoms with Crippen molar-refractivity contribution in [2.75, 3.05) is 5.73 Å². The van der Waals surface area contributed by atoms with Crippen molar-refractivity contribution in [3.8, 4) is 0 Å². The van der Waals surface area contributed by atoms with Crippen LogP contribution in [-0.2, 0) is 0 Å². The smallest absolute Gasteiger partial charge is 0.318 e. The van der Waals surface area contributed by atoms with Crippen LogP contribution in [0.5, 0.6) is 0 Å². The number of nitrogen functional groups attached to an aromatic ring is 1. The molecule has 1 amide bonds. The summed E-state index contributed by atoms with van der Waals surface area (Å²) < 4.78 is 0.684. The summed E-state index contributed by atoms with van der Waals surface area (Å²) in [6.45, 7) is 0. The van der Waals surface area contributed by atoms with Gasteiger partial charge in [-0.3, -0.25) is 4.79 Å². The fourth-order valence-electron chi connectivity index (χ4n) is 0.763. The summed E-state index contributed by atoms with van der Waals surface area (Å²) >= 11 is 3.14. The van der Waals surface area contributed by atoms with Crippen LogP contribution in [0.25, 0.3) is 0 Å². The predicted octanol–water partition coefficient (Wildman–Crippen LogP) is 1.94. The van der Waals surface area contributed by atoms with E-state index in [0.717, 1.165) is 0 Å². The first-order chi connectivity index (χ1) is 5.65. The largest absolute Gasteiger partial charge is 0.398 e. The van der Waals surface area contributed by atoms with Gasteiger partial charge >= 0.3 is 5.91 Å². The van der Waals surface area contributed by atoms with Gasteiger partial charge in [-0.15, -0.1) is 4.91 Å². The van der Waals surface area contributed by atoms with Crippen LogP contribution in [0.4, 0.5) is 5.69 Å². The minimum Gasteiger partial charge on any atom is -0.398 e. The molecule has 0 radical (unpaired) electrons. The summed E-state index contributed by atoms with van der Waals surface area (Å²) in [6.07, 6.45) is 0. The molecule has 4 nitrogen and oxygen atoms in total. The Morgan fingerprint density at radius 1 is 1.50 bits per heavy atom. The third-order valence-electron chi connectivity index (χ3n) is 1.33. The Morgan fingerprint density at radius 2 is 2.17 bits per heavy atom. The normalized spacial score (nSPS) is 9.42. The standard InChI is InChI=1S/C7H5BrN2O2/c8-4-1-2-6(9)5(3-4)7(11)10-12/h1-3H,9H2. The number of nitrogens with zero attached hydrogens (tertiary/aromatic N) is 1. The van der Waals surface area contributed by atoms with Crippen LogP contribution < -0.4 is 5.73 Å². The molecule has 0 unspecified atom stereocenters. The van der Waals surface area contributed by atoms with Gasteiger partial charge in [0.1, 0.15) is 0 Å². The highest BCUT2D eigenvalue weighted by atomic mass is 79.9. The van der Waals surface area contributed by atoms with E-state index >= 15 is 0 Å². The van der Waals surface area contributed by atoms with Crippen molar-refractivity contribution in [3.63, 3.8) is 0 Å². The summed E-state index contributed by atoms with van der Waals surface area (Å²) in [5.74, 6) is -0.853. The molecule has 5 heteroatoms. The molecule has 0 heterocycles. The van der Waals surface area contributed by atoms with Gasteiger partial charge in [0.15, 0.2) is 0 Å². The second-order valence-corrected chi connectivity index (χ2v) is 3.04. The van der Waals surface area contributed by atoms with E-state index < -0.39 is 5.91 Å². The predicted molar refractivity (Wildman–Crippen MR) is 48.7 cm³/mol. The van der Waals surface area contributed by atoms with Crippen molar-refractivity contribution in [1.82, 2.24) is 0 Å². The average Bonchev–Trinajstić information content (AvgIpc) is 2.08. The molecule has 0 saturated heterocycles. The number of anilines is 1. The first-order valence-electron chi connectivity index (χ1n) is 3.08. The van der Waals surface area contributed by atoms with E-state index in [1.54, 1.807) is 6.07 Å². The van der Waals surface area contributed by atoms with E-state index in [9.17, 15) is 9.70 Å². The number of halogens is 1. The average molecular weight is 229 g/mol. The van der Waals surface area contributed by atoms with Crippen molar-refractivity contribution in [1.29, 1.82) is 0 Å². The van der Waals surface area contributed by atoms with E-state index in [0.29, 0.717) is 4.47 Å². The van der Waals surface area contributed by atoms with Crippen LogP contribution in [0, 0.1) is 4.91 Å². The van der Waals surface area contributed by atoms with Gasteiger partial charge in [-0.05, 0) is 18.2 Å². The number of rotatable bonds is 1. The van der Waals surface area contributed by atoms with E-state index in [-0.39, 0.29) is 11.3 Å². The Labute approximate surface area is 76.9 Å². The molecular formula is C7H5BrN2O2. The van der Waals surface area contributed by atoms with E-state index in [4.69, 9.17) is 5.73 Å². The van der Waals surface area contributed by atoms with Crippen molar-refractivity contribution >= 4 is 27.5 Å². The SMILES string of the molecule is Nc1ccc(Br)cc1C(=O)N=O. The molecule has 0 saturated carbocycles. The molecular weight excluding hydrogens is 224 g/mol. The topological polar surface area (TPSA) is 72.5 Å². The quantitative estimate of drug-likeness (QED) is 0.590. The first-order valence-corrected chi connectivity index (χ1v) is 3.87. The highest BCUT2D eigenvalue weighted by Gasteiger charge is 2.09. The van der Waals surface area contributed by atoms with Gasteiger partial charge in [0, 0.05) is 15.3 Å². The van der Waals surface area contributed by atoms with Crippen LogP contribution in [0.1, 0.15) is 10.4 Å². The molecule has 0 aliphatic rings. The van der Waals surface area contributed by atoms with Gasteiger partial charge in [0.05, 0.1) is 5.56 Å². The van der Waals surface area contributed by atoms with E-state index in [1.807, 2.05) is 0 Å². The molecule has 62 valence electrons. The van der Waals surface area contributed by atoms with Crippen LogP contribution in [0.2, 0.25) is 0 Å². The maximum atomic E-state index is 10.8. The molecule has 0 aliphatic heterocycles. The van der Waals surface area contributed by atoms with Crippen LogP contribution in [0.3, 0.4) is 0 Å². The fourth-order valence-corrected chi connectivity index (χ4v) is 1.12. The number of hydrogen-bond donors (Lipinski definition) is 1. The Balaban J connectivity index is 3.22. The van der Waals surface area contributed by atoms with Gasteiger partial charge in [0.25, 0.3) is 0 Å². The van der Waals surface area contributed by atoms with Gasteiger partial charge in [0.2, 0.25) is 0 Å². The van der Waals surface area contributed by atoms with E-state index in [1.165, 1.54) is 12.1 Å². The lowest BCUT2D eigenvalue weighted by Crippen LogP contribution is -1.99. The molecule has 0 bridgehead atoms. The molecule has 0 spiro atoms. The second kappa shape index (κ2) is 3.44. The summed E-state index contributed by atoms with van der Waals surface area (Å²) in [4.78, 5) is 20.7. The van der Waals surface area contributed by atoms with Crippen molar-refractivity contribution < 1.29 is 4.79 Å². The third kappa shape index (κ3) is 1.68. The van der Waals surface area contributed by atoms with Crippen molar-refractivity contribution in [3.05, 3.63) is 33.1 Å². The number of carbonyl (C=O) groups excluding carboxylic acids is 1. The van der Waals surface area contributed by atoms with Crippen molar-refractivity contribution in [2.24, 2.45) is 5.18 Å². The second-order valence-electron chi connectivity index (χ2n) is 2.13. The zero-order valence-corrected chi connectivity index (χ0v) is 7.54. The summed E-state index contributed by atoms with van der Waals surface area (Å²) in [5.41, 5.74) is 5.80. The number of hydrogen-bond acceptors (Lipinski definition) is 3. The number of amides is 1. The molecule has 12 heavy (non-hydrogen) atoms. The number of nitrogens with two attached hydrogens (primary N) is 1. The number of carbonyl (C=O) groups is 1. The molecule has 0 aromatic heterocycles. The van der Waals surface area contributed by atoms with Gasteiger partial charge < -0.3 is 5.73 Å². The monoisotopic (exact) mass is 228 g/mol. The molecule has 1 rings (SSSR count). The summed E-state index contributed by atoms with van der Waals surface area (Å²) in [6, 6.07) is 4.67. The van der Waals surface area contributed by atoms with Crippen LogP contribution in [0.15, 0.2) is 27.8 Å². The Hall–Kier alpha value is -1.23. The minimum atomic E-state index is -0.853. The Bertz CT molecular complexity index is 338. The van der Waals surface area contributed by atoms with E-state index in [2.05, 4.69) is 21.1 Å². The summed E-state index contributed by atoms with van der Waals surface area (Å²) in [7, 11) is 0. The maximum Gasteiger partial charge on any atom is 0.318 e. The zero-order chi connectivity index (χ0) is 9.14. The van der Waals surface area contributed by atoms with Gasteiger partial charge in [-0.25, -0.2) is 0 Å². The highest BCUT2D eigenvalue weighted by Crippen LogP contribution is 2.18. The minimum absolute atomic E-state index is 0.124. The zero-order valence-electron chi connectivity index (χ0n) is 5.95.